The maximum Gasteiger partial charge on any atom is 0.274 e. The van der Waals surface area contributed by atoms with E-state index in [4.69, 9.17) is 22.2 Å². The van der Waals surface area contributed by atoms with Crippen LogP contribution in [0.1, 0.15) is 36.7 Å². The zero-order chi connectivity index (χ0) is 15.2. The highest BCUT2D eigenvalue weighted by molar-refractivity contribution is 6.33. The van der Waals surface area contributed by atoms with Gasteiger partial charge in [-0.25, -0.2) is 10.8 Å². The normalized spacial score (nSPS) is 18.6. The third-order valence-corrected chi connectivity index (χ3v) is 3.72. The van der Waals surface area contributed by atoms with E-state index in [2.05, 4.69) is 17.3 Å². The van der Waals surface area contributed by atoms with Crippen molar-refractivity contribution >= 4 is 23.3 Å². The molecule has 1 aromatic rings. The Kier molecular flexibility index (Phi) is 5.78. The first-order chi connectivity index (χ1) is 10.2. The number of carbonyl (C=O) groups excluding carboxylic acids is 1. The van der Waals surface area contributed by atoms with Crippen LogP contribution in [0.15, 0.2) is 12.1 Å². The van der Waals surface area contributed by atoms with Crippen LogP contribution in [0.4, 0.5) is 5.82 Å². The van der Waals surface area contributed by atoms with Gasteiger partial charge in [-0.15, -0.1) is 0 Å². The van der Waals surface area contributed by atoms with Gasteiger partial charge in [0, 0.05) is 19.7 Å². The summed E-state index contributed by atoms with van der Waals surface area (Å²) in [6, 6.07) is 3.24. The van der Waals surface area contributed by atoms with Crippen molar-refractivity contribution in [3.63, 3.8) is 0 Å². The van der Waals surface area contributed by atoms with E-state index in [9.17, 15) is 4.79 Å². The quantitative estimate of drug-likeness (QED) is 0.642. The number of aromatic nitrogens is 1. The fourth-order valence-electron chi connectivity index (χ4n) is 2.37. The lowest BCUT2D eigenvalue weighted by Crippen LogP contribution is -2.43. The minimum Gasteiger partial charge on any atom is -0.376 e. The molecule has 0 saturated carbocycles. The number of piperidine rings is 1. The zero-order valence-corrected chi connectivity index (χ0v) is 12.9. The molecule has 1 unspecified atom stereocenters. The van der Waals surface area contributed by atoms with Gasteiger partial charge in [0.25, 0.3) is 5.91 Å². The largest absolute Gasteiger partial charge is 0.376 e. The predicted molar refractivity (Wildman–Crippen MR) is 82.2 cm³/mol. The van der Waals surface area contributed by atoms with Gasteiger partial charge in [0.15, 0.2) is 0 Å². The number of nitrogens with two attached hydrogens (primary N) is 1. The SMILES string of the molecule is CCCOC1CCCN(C(=O)c2nc(NN)ccc2Cl)C1. The molecule has 2 heterocycles. The number of likely N-dealkylation sites (tertiary alicyclic amines) is 1. The van der Waals surface area contributed by atoms with E-state index in [-0.39, 0.29) is 17.7 Å². The van der Waals surface area contributed by atoms with Crippen LogP contribution in [0.2, 0.25) is 5.02 Å². The van der Waals surface area contributed by atoms with E-state index in [0.29, 0.717) is 23.9 Å². The molecule has 1 aliphatic heterocycles. The zero-order valence-electron chi connectivity index (χ0n) is 12.1. The minimum absolute atomic E-state index is 0.0947. The molecule has 7 heteroatoms. The van der Waals surface area contributed by atoms with Crippen LogP contribution in [-0.4, -0.2) is 41.6 Å². The molecule has 0 bridgehead atoms. The van der Waals surface area contributed by atoms with E-state index in [1.54, 1.807) is 17.0 Å². The minimum atomic E-state index is -0.179. The molecular weight excluding hydrogens is 292 g/mol. The Hall–Kier alpha value is -1.37. The summed E-state index contributed by atoms with van der Waals surface area (Å²) in [4.78, 5) is 18.5. The van der Waals surface area contributed by atoms with E-state index in [0.717, 1.165) is 25.9 Å². The van der Waals surface area contributed by atoms with Gasteiger partial charge in [-0.1, -0.05) is 18.5 Å². The van der Waals surface area contributed by atoms with E-state index in [1.807, 2.05) is 0 Å². The van der Waals surface area contributed by atoms with Crippen molar-refractivity contribution in [1.29, 1.82) is 0 Å². The van der Waals surface area contributed by atoms with Crippen molar-refractivity contribution in [2.75, 3.05) is 25.1 Å². The molecule has 0 aliphatic carbocycles. The molecule has 1 aromatic heterocycles. The second-order valence-electron chi connectivity index (χ2n) is 5.06. The van der Waals surface area contributed by atoms with Gasteiger partial charge in [-0.05, 0) is 31.4 Å². The van der Waals surface area contributed by atoms with Gasteiger partial charge < -0.3 is 15.1 Å². The first-order valence-corrected chi connectivity index (χ1v) is 7.57. The van der Waals surface area contributed by atoms with Crippen LogP contribution in [0.5, 0.6) is 0 Å². The van der Waals surface area contributed by atoms with E-state index < -0.39 is 0 Å². The van der Waals surface area contributed by atoms with E-state index in [1.165, 1.54) is 0 Å². The van der Waals surface area contributed by atoms with Crippen LogP contribution >= 0.6 is 11.6 Å². The summed E-state index contributed by atoms with van der Waals surface area (Å²) in [5.74, 6) is 5.56. The highest BCUT2D eigenvalue weighted by Crippen LogP contribution is 2.21. The third kappa shape index (κ3) is 4.06. The molecule has 3 N–H and O–H groups in total. The summed E-state index contributed by atoms with van der Waals surface area (Å²) in [6.07, 6.45) is 2.97. The number of nitrogens with zero attached hydrogens (tertiary/aromatic N) is 2. The monoisotopic (exact) mass is 312 g/mol. The fourth-order valence-corrected chi connectivity index (χ4v) is 2.55. The van der Waals surface area contributed by atoms with Crippen LogP contribution in [-0.2, 0) is 4.74 Å². The van der Waals surface area contributed by atoms with Crippen molar-refractivity contribution < 1.29 is 9.53 Å². The van der Waals surface area contributed by atoms with Crippen LogP contribution < -0.4 is 11.3 Å². The Bertz CT molecular complexity index is 498. The van der Waals surface area contributed by atoms with Gasteiger partial charge in [0.2, 0.25) is 0 Å². The summed E-state index contributed by atoms with van der Waals surface area (Å²) in [5, 5.41) is 0.329. The maximum absolute atomic E-state index is 12.6. The van der Waals surface area contributed by atoms with Crippen LogP contribution in [0, 0.1) is 0 Å². The predicted octanol–water partition coefficient (Wildman–Crippen LogP) is 2.05. The highest BCUT2D eigenvalue weighted by atomic mass is 35.5. The number of anilines is 1. The molecule has 1 amide bonds. The Morgan fingerprint density at radius 1 is 1.62 bits per heavy atom. The number of halogens is 1. The molecule has 6 nitrogen and oxygen atoms in total. The van der Waals surface area contributed by atoms with Crippen LogP contribution in [0.3, 0.4) is 0 Å². The lowest BCUT2D eigenvalue weighted by atomic mass is 10.1. The Labute approximate surface area is 129 Å². The standard InChI is InChI=1S/C14H21ClN4O2/c1-2-8-21-10-4-3-7-19(9-10)14(20)13-11(15)5-6-12(17-13)18-16/h5-6,10H,2-4,7-9,16H2,1H3,(H,17,18). The van der Waals surface area contributed by atoms with Gasteiger partial charge in [0.05, 0.1) is 11.1 Å². The number of hydrazine groups is 1. The second-order valence-corrected chi connectivity index (χ2v) is 5.46. The number of amides is 1. The molecule has 0 radical (unpaired) electrons. The second kappa shape index (κ2) is 7.59. The molecule has 2 rings (SSSR count). The average Bonchev–Trinajstić information content (AvgIpc) is 2.53. The lowest BCUT2D eigenvalue weighted by Gasteiger charge is -2.32. The van der Waals surface area contributed by atoms with Gasteiger partial charge >= 0.3 is 0 Å². The number of ether oxygens (including phenoxy) is 1. The summed E-state index contributed by atoms with van der Waals surface area (Å²) >= 11 is 6.08. The number of nitrogen functional groups attached to an aromatic ring is 1. The summed E-state index contributed by atoms with van der Waals surface area (Å²) in [6.45, 7) is 4.07. The molecule has 0 aromatic carbocycles. The first kappa shape index (κ1) is 16.0. The van der Waals surface area contributed by atoms with Gasteiger partial charge in [0.1, 0.15) is 11.5 Å². The first-order valence-electron chi connectivity index (χ1n) is 7.19. The molecule has 1 fully saturated rings. The number of hydrogen-bond acceptors (Lipinski definition) is 5. The Morgan fingerprint density at radius 3 is 3.14 bits per heavy atom. The number of pyridine rings is 1. The fraction of sp³-hybridized carbons (Fsp3) is 0.571. The van der Waals surface area contributed by atoms with Crippen molar-refractivity contribution in [3.05, 3.63) is 22.8 Å². The lowest BCUT2D eigenvalue weighted by molar-refractivity contribution is 0.00193. The van der Waals surface area contributed by atoms with Crippen molar-refractivity contribution in [2.24, 2.45) is 5.84 Å². The smallest absolute Gasteiger partial charge is 0.274 e. The highest BCUT2D eigenvalue weighted by Gasteiger charge is 2.27. The summed E-state index contributed by atoms with van der Waals surface area (Å²) in [5.41, 5.74) is 2.65. The van der Waals surface area contributed by atoms with E-state index >= 15 is 0 Å². The van der Waals surface area contributed by atoms with Crippen LogP contribution in [0.25, 0.3) is 0 Å². The molecule has 1 atom stereocenters. The molecule has 21 heavy (non-hydrogen) atoms. The molecule has 1 aliphatic rings. The molecule has 0 spiro atoms. The number of rotatable bonds is 5. The van der Waals surface area contributed by atoms with Crippen molar-refractivity contribution in [2.45, 2.75) is 32.3 Å². The summed E-state index contributed by atoms with van der Waals surface area (Å²) in [7, 11) is 0. The average molecular weight is 313 g/mol. The Morgan fingerprint density at radius 2 is 2.43 bits per heavy atom. The number of nitrogens with one attached hydrogen (secondary N) is 1. The Balaban J connectivity index is 2.08. The number of hydrogen-bond donors (Lipinski definition) is 2. The molecular formula is C14H21ClN4O2. The molecule has 1 saturated heterocycles. The summed E-state index contributed by atoms with van der Waals surface area (Å²) < 4.78 is 5.74. The number of carbonyl (C=O) groups is 1. The van der Waals surface area contributed by atoms with Crippen molar-refractivity contribution in [3.8, 4) is 0 Å². The van der Waals surface area contributed by atoms with Crippen molar-refractivity contribution in [1.82, 2.24) is 9.88 Å². The van der Waals surface area contributed by atoms with Gasteiger partial charge in [-0.3, -0.25) is 4.79 Å². The maximum atomic E-state index is 12.6. The molecule has 116 valence electrons. The third-order valence-electron chi connectivity index (χ3n) is 3.42. The topological polar surface area (TPSA) is 80.5 Å². The van der Waals surface area contributed by atoms with Gasteiger partial charge in [-0.2, -0.15) is 0 Å².